The lowest BCUT2D eigenvalue weighted by atomic mass is 10.1. The molecule has 10 heteroatoms. The minimum Gasteiger partial charge on any atom is -0.496 e. The molecule has 36 heavy (non-hydrogen) atoms. The molecule has 1 aliphatic heterocycles. The Kier molecular flexibility index (Phi) is 8.40. The molecule has 1 aromatic carbocycles. The minimum absolute atomic E-state index is 0.0331. The van der Waals surface area contributed by atoms with Crippen LogP contribution in [0.5, 0.6) is 17.2 Å². The number of methoxy groups -OCH3 is 3. The Hall–Kier alpha value is -3.63. The summed E-state index contributed by atoms with van der Waals surface area (Å²) in [7, 11) is 6.67. The fourth-order valence-corrected chi connectivity index (χ4v) is 4.36. The smallest absolute Gasteiger partial charge is 0.237 e. The molecule has 4 rings (SSSR count). The van der Waals surface area contributed by atoms with E-state index in [9.17, 15) is 4.79 Å². The number of amides is 1. The van der Waals surface area contributed by atoms with Crippen molar-refractivity contribution in [3.63, 3.8) is 0 Å². The first-order chi connectivity index (χ1) is 17.5. The maximum absolute atomic E-state index is 13.3. The van der Waals surface area contributed by atoms with Crippen LogP contribution in [0.4, 0.5) is 0 Å². The molecule has 1 atom stereocenters. The standard InChI is InChI=1S/C26H33N5O5/c1-29-12-20(11-28-29)13-31-16-22(36-18-19-6-5-7-27-10-19)15-30(17-26(31)32)14-21-8-24(34-3)25(35-4)9-23(21)33-2/h5-12,22H,13-18H2,1-4H3. The number of nitrogens with zero attached hydrogens (tertiary/aromatic N) is 5. The summed E-state index contributed by atoms with van der Waals surface area (Å²) in [5, 5.41) is 4.24. The van der Waals surface area contributed by atoms with E-state index >= 15 is 0 Å². The highest BCUT2D eigenvalue weighted by molar-refractivity contribution is 5.78. The van der Waals surface area contributed by atoms with Crippen molar-refractivity contribution in [2.24, 2.45) is 7.05 Å². The Morgan fingerprint density at radius 2 is 1.75 bits per heavy atom. The van der Waals surface area contributed by atoms with E-state index in [4.69, 9.17) is 18.9 Å². The van der Waals surface area contributed by atoms with Gasteiger partial charge in [-0.3, -0.25) is 19.4 Å². The van der Waals surface area contributed by atoms with Crippen LogP contribution in [0.1, 0.15) is 16.7 Å². The number of hydrogen-bond donors (Lipinski definition) is 0. The molecule has 3 aromatic rings. The summed E-state index contributed by atoms with van der Waals surface area (Å²) in [6.07, 6.45) is 7.05. The molecule has 0 bridgehead atoms. The molecule has 0 radical (unpaired) electrons. The largest absolute Gasteiger partial charge is 0.496 e. The van der Waals surface area contributed by atoms with Gasteiger partial charge < -0.3 is 23.8 Å². The molecule has 1 saturated heterocycles. The van der Waals surface area contributed by atoms with Crippen molar-refractivity contribution in [1.29, 1.82) is 0 Å². The summed E-state index contributed by atoms with van der Waals surface area (Å²) in [5.41, 5.74) is 2.86. The molecule has 0 N–H and O–H groups in total. The van der Waals surface area contributed by atoms with Crippen molar-refractivity contribution in [1.82, 2.24) is 24.6 Å². The van der Waals surface area contributed by atoms with Gasteiger partial charge in [0.2, 0.25) is 5.91 Å². The van der Waals surface area contributed by atoms with Gasteiger partial charge in [-0.1, -0.05) is 6.07 Å². The molecule has 1 aliphatic rings. The number of pyridine rings is 1. The van der Waals surface area contributed by atoms with Crippen LogP contribution >= 0.6 is 0 Å². The third-order valence-electron chi connectivity index (χ3n) is 6.12. The van der Waals surface area contributed by atoms with Crippen molar-refractivity contribution in [3.8, 4) is 17.2 Å². The zero-order chi connectivity index (χ0) is 25.5. The lowest BCUT2D eigenvalue weighted by Crippen LogP contribution is -2.37. The molecule has 0 aliphatic carbocycles. The Labute approximate surface area is 211 Å². The first kappa shape index (κ1) is 25.5. The second kappa shape index (κ2) is 11.9. The second-order valence-corrected chi connectivity index (χ2v) is 8.78. The Morgan fingerprint density at radius 1 is 0.972 bits per heavy atom. The first-order valence-electron chi connectivity index (χ1n) is 11.8. The van der Waals surface area contributed by atoms with E-state index < -0.39 is 0 Å². The third-order valence-corrected chi connectivity index (χ3v) is 6.12. The quantitative estimate of drug-likeness (QED) is 0.423. The van der Waals surface area contributed by atoms with Gasteiger partial charge in [0.15, 0.2) is 11.5 Å². The average molecular weight is 496 g/mol. The van der Waals surface area contributed by atoms with Gasteiger partial charge in [-0.15, -0.1) is 0 Å². The molecule has 0 saturated carbocycles. The van der Waals surface area contributed by atoms with Crippen LogP contribution in [0.3, 0.4) is 0 Å². The zero-order valence-electron chi connectivity index (χ0n) is 21.2. The molecular formula is C26H33N5O5. The molecule has 3 heterocycles. The van der Waals surface area contributed by atoms with Crippen molar-refractivity contribution < 1.29 is 23.7 Å². The highest BCUT2D eigenvalue weighted by Gasteiger charge is 2.29. The van der Waals surface area contributed by atoms with Crippen LogP contribution in [0.15, 0.2) is 49.1 Å². The van der Waals surface area contributed by atoms with Gasteiger partial charge in [0.1, 0.15) is 5.75 Å². The highest BCUT2D eigenvalue weighted by atomic mass is 16.5. The van der Waals surface area contributed by atoms with Gasteiger partial charge in [-0.25, -0.2) is 0 Å². The van der Waals surface area contributed by atoms with Gasteiger partial charge in [0.05, 0.1) is 46.8 Å². The summed E-state index contributed by atoms with van der Waals surface area (Å²) >= 11 is 0. The van der Waals surface area contributed by atoms with Crippen LogP contribution < -0.4 is 14.2 Å². The lowest BCUT2D eigenvalue weighted by molar-refractivity contribution is -0.132. The summed E-state index contributed by atoms with van der Waals surface area (Å²) in [5.74, 6) is 1.90. The average Bonchev–Trinajstić information content (AvgIpc) is 3.24. The molecule has 1 unspecified atom stereocenters. The van der Waals surface area contributed by atoms with E-state index in [1.54, 1.807) is 50.7 Å². The van der Waals surface area contributed by atoms with E-state index in [1.165, 1.54) is 0 Å². The summed E-state index contributed by atoms with van der Waals surface area (Å²) in [6.45, 7) is 2.70. The van der Waals surface area contributed by atoms with Gasteiger partial charge in [0.25, 0.3) is 0 Å². The number of ether oxygens (including phenoxy) is 4. The van der Waals surface area contributed by atoms with Crippen LogP contribution in [0.25, 0.3) is 0 Å². The molecular weight excluding hydrogens is 462 g/mol. The molecule has 0 spiro atoms. The zero-order valence-corrected chi connectivity index (χ0v) is 21.2. The topological polar surface area (TPSA) is 91.2 Å². The van der Waals surface area contributed by atoms with Crippen LogP contribution in [-0.2, 0) is 36.3 Å². The highest BCUT2D eigenvalue weighted by Crippen LogP contribution is 2.35. The van der Waals surface area contributed by atoms with Gasteiger partial charge >= 0.3 is 0 Å². The number of hydrogen-bond acceptors (Lipinski definition) is 8. The van der Waals surface area contributed by atoms with E-state index in [0.29, 0.717) is 50.0 Å². The second-order valence-electron chi connectivity index (χ2n) is 8.78. The number of benzene rings is 1. The van der Waals surface area contributed by atoms with E-state index in [-0.39, 0.29) is 18.6 Å². The van der Waals surface area contributed by atoms with Crippen LogP contribution in [0, 0.1) is 0 Å². The van der Waals surface area contributed by atoms with Crippen molar-refractivity contribution in [2.75, 3.05) is 41.0 Å². The number of carbonyl (C=O) groups excluding carboxylic acids is 1. The predicted octanol–water partition coefficient (Wildman–Crippen LogP) is 2.27. The van der Waals surface area contributed by atoms with Crippen LogP contribution in [0.2, 0.25) is 0 Å². The van der Waals surface area contributed by atoms with Crippen LogP contribution in [-0.4, -0.2) is 77.5 Å². The SMILES string of the molecule is COc1cc(OC)c(OC)cc1CN1CC(=O)N(Cc2cnn(C)c2)CC(OCc2cccnc2)C1. The van der Waals surface area contributed by atoms with Gasteiger partial charge in [-0.2, -0.15) is 5.10 Å². The number of rotatable bonds is 10. The molecule has 192 valence electrons. The van der Waals surface area contributed by atoms with Gasteiger partial charge in [0, 0.05) is 69.0 Å². The van der Waals surface area contributed by atoms with E-state index in [2.05, 4.69) is 15.0 Å². The fraction of sp³-hybridized carbons (Fsp3) is 0.423. The summed E-state index contributed by atoms with van der Waals surface area (Å²) in [4.78, 5) is 21.4. The maximum Gasteiger partial charge on any atom is 0.237 e. The van der Waals surface area contributed by atoms with Crippen molar-refractivity contribution in [3.05, 3.63) is 65.7 Å². The fourth-order valence-electron chi connectivity index (χ4n) is 4.36. The normalized spacial score (nSPS) is 16.6. The predicted molar refractivity (Wildman–Crippen MR) is 133 cm³/mol. The molecule has 1 amide bonds. The molecule has 10 nitrogen and oxygen atoms in total. The number of aromatic nitrogens is 3. The van der Waals surface area contributed by atoms with E-state index in [1.807, 2.05) is 36.3 Å². The number of carbonyl (C=O) groups is 1. The third kappa shape index (κ3) is 6.32. The lowest BCUT2D eigenvalue weighted by Gasteiger charge is -2.25. The van der Waals surface area contributed by atoms with Crippen molar-refractivity contribution in [2.45, 2.75) is 25.8 Å². The Morgan fingerprint density at radius 3 is 2.42 bits per heavy atom. The van der Waals surface area contributed by atoms with E-state index in [0.717, 1.165) is 16.7 Å². The summed E-state index contributed by atoms with van der Waals surface area (Å²) < 4.78 is 24.6. The summed E-state index contributed by atoms with van der Waals surface area (Å²) in [6, 6.07) is 7.57. The minimum atomic E-state index is -0.195. The Balaban J connectivity index is 1.55. The first-order valence-corrected chi connectivity index (χ1v) is 11.8. The van der Waals surface area contributed by atoms with Gasteiger partial charge in [-0.05, 0) is 17.7 Å². The van der Waals surface area contributed by atoms with Crippen molar-refractivity contribution >= 4 is 5.91 Å². The molecule has 1 fully saturated rings. The Bertz CT molecular complexity index is 1150. The molecule has 2 aromatic heterocycles. The maximum atomic E-state index is 13.3. The number of aryl methyl sites for hydroxylation is 1. The monoisotopic (exact) mass is 495 g/mol.